The third-order valence-corrected chi connectivity index (χ3v) is 3.25. The lowest BCUT2D eigenvalue weighted by molar-refractivity contribution is -0.137. The molecule has 1 N–H and O–H groups in total. The van der Waals surface area contributed by atoms with Crippen molar-refractivity contribution < 1.29 is 27.4 Å². The lowest BCUT2D eigenvalue weighted by atomic mass is 9.94. The number of halogens is 3. The molecule has 0 atom stereocenters. The zero-order valence-electron chi connectivity index (χ0n) is 12.9. The Kier molecular flexibility index (Phi) is 4.87. The molecule has 23 heavy (non-hydrogen) atoms. The molecule has 126 valence electrons. The van der Waals surface area contributed by atoms with E-state index in [1.165, 1.54) is 18.4 Å². The van der Waals surface area contributed by atoms with Gasteiger partial charge in [-0.15, -0.1) is 0 Å². The summed E-state index contributed by atoms with van der Waals surface area (Å²) in [6.45, 7) is 4.27. The van der Waals surface area contributed by atoms with Gasteiger partial charge >= 0.3 is 6.18 Å². The highest BCUT2D eigenvalue weighted by molar-refractivity contribution is 5.91. The van der Waals surface area contributed by atoms with Gasteiger partial charge in [-0.05, 0) is 38.0 Å². The number of ether oxygens (including phenoxy) is 2. The Labute approximate surface area is 132 Å². The molecule has 0 unspecified atom stereocenters. The highest BCUT2D eigenvalue weighted by atomic mass is 19.4. The van der Waals surface area contributed by atoms with Crippen LogP contribution in [0.5, 0.6) is 0 Å². The molecule has 0 radical (unpaired) electrons. The lowest BCUT2D eigenvalue weighted by Gasteiger charge is -2.27. The van der Waals surface area contributed by atoms with Gasteiger partial charge in [0.05, 0.1) is 5.56 Å². The number of hydrogen-bond donors (Lipinski definition) is 1. The topological polar surface area (TPSA) is 47.6 Å². The van der Waals surface area contributed by atoms with Crippen molar-refractivity contribution in [1.29, 1.82) is 0 Å². The van der Waals surface area contributed by atoms with E-state index < -0.39 is 23.2 Å². The van der Waals surface area contributed by atoms with Gasteiger partial charge < -0.3 is 14.8 Å². The Balaban J connectivity index is 2.00. The summed E-state index contributed by atoms with van der Waals surface area (Å²) < 4.78 is 47.9. The molecule has 0 saturated heterocycles. The van der Waals surface area contributed by atoms with Gasteiger partial charge in [-0.3, -0.25) is 4.79 Å². The average Bonchev–Trinajstić information content (AvgIpc) is 2.46. The number of hydrogen-bond acceptors (Lipinski definition) is 3. The molecule has 1 aromatic rings. The average molecular weight is 329 g/mol. The van der Waals surface area contributed by atoms with Crippen molar-refractivity contribution in [2.45, 2.75) is 32.0 Å². The minimum atomic E-state index is -4.35. The normalized spacial score (nSPS) is 15.3. The Morgan fingerprint density at radius 3 is 2.35 bits per heavy atom. The van der Waals surface area contributed by atoms with E-state index in [0.29, 0.717) is 25.2 Å². The van der Waals surface area contributed by atoms with Crippen molar-refractivity contribution in [3.05, 3.63) is 47.4 Å². The predicted molar refractivity (Wildman–Crippen MR) is 77.4 cm³/mol. The summed E-state index contributed by atoms with van der Waals surface area (Å²) in [7, 11) is 0. The van der Waals surface area contributed by atoms with E-state index in [-0.39, 0.29) is 5.76 Å². The first kappa shape index (κ1) is 17.2. The maximum Gasteiger partial charge on any atom is 0.416 e. The number of nitrogens with one attached hydrogen (secondary N) is 1. The number of alkyl halides is 3. The van der Waals surface area contributed by atoms with Crippen LogP contribution >= 0.6 is 0 Å². The molecule has 0 spiro atoms. The standard InChI is InChI=1S/C16H18F3NO3/c1-15(2,20-14(21)13-10-22-7-8-23-13)9-11-3-5-12(6-4-11)16(17,18)19/h3-6,10H,7-9H2,1-2H3,(H,20,21). The van der Waals surface area contributed by atoms with Crippen molar-refractivity contribution in [2.75, 3.05) is 13.2 Å². The highest BCUT2D eigenvalue weighted by Crippen LogP contribution is 2.29. The number of benzene rings is 1. The molecule has 1 aliphatic rings. The van der Waals surface area contributed by atoms with Crippen LogP contribution in [0, 0.1) is 0 Å². The zero-order valence-corrected chi connectivity index (χ0v) is 12.9. The minimum Gasteiger partial charge on any atom is -0.494 e. The van der Waals surface area contributed by atoms with Gasteiger partial charge in [-0.25, -0.2) is 0 Å². The van der Waals surface area contributed by atoms with Crippen LogP contribution in [0.2, 0.25) is 0 Å². The third kappa shape index (κ3) is 4.91. The Morgan fingerprint density at radius 2 is 1.83 bits per heavy atom. The summed E-state index contributed by atoms with van der Waals surface area (Å²) in [6.07, 6.45) is -2.72. The lowest BCUT2D eigenvalue weighted by Crippen LogP contribution is -2.46. The van der Waals surface area contributed by atoms with Gasteiger partial charge in [0.15, 0.2) is 0 Å². The molecule has 4 nitrogen and oxygen atoms in total. The number of rotatable bonds is 4. The molecule has 0 fully saturated rings. The fourth-order valence-corrected chi connectivity index (χ4v) is 2.22. The second-order valence-corrected chi connectivity index (χ2v) is 5.91. The van der Waals surface area contributed by atoms with Crippen molar-refractivity contribution in [2.24, 2.45) is 0 Å². The number of carbonyl (C=O) groups is 1. The van der Waals surface area contributed by atoms with Crippen LogP contribution in [0.15, 0.2) is 36.3 Å². The number of amides is 1. The molecular weight excluding hydrogens is 311 g/mol. The fourth-order valence-electron chi connectivity index (χ4n) is 2.22. The summed E-state index contributed by atoms with van der Waals surface area (Å²) in [5.74, 6) is -0.321. The molecule has 1 aliphatic heterocycles. The van der Waals surface area contributed by atoms with Gasteiger partial charge in [0.1, 0.15) is 19.5 Å². The quantitative estimate of drug-likeness (QED) is 0.924. The molecule has 0 bridgehead atoms. The second-order valence-electron chi connectivity index (χ2n) is 5.91. The first-order valence-corrected chi connectivity index (χ1v) is 7.11. The predicted octanol–water partition coefficient (Wildman–Crippen LogP) is 3.03. The maximum absolute atomic E-state index is 12.5. The first-order valence-electron chi connectivity index (χ1n) is 7.11. The van der Waals surface area contributed by atoms with Gasteiger partial charge in [0, 0.05) is 5.54 Å². The van der Waals surface area contributed by atoms with Gasteiger partial charge in [-0.1, -0.05) is 12.1 Å². The SMILES string of the molecule is CC(C)(Cc1ccc(C(F)(F)F)cc1)NC(=O)C1=COCCO1. The molecular formula is C16H18F3NO3. The smallest absolute Gasteiger partial charge is 0.416 e. The van der Waals surface area contributed by atoms with Crippen LogP contribution < -0.4 is 5.32 Å². The second kappa shape index (κ2) is 6.52. The molecule has 7 heteroatoms. The Hall–Kier alpha value is -2.18. The molecule has 2 rings (SSSR count). The zero-order chi connectivity index (χ0) is 17.1. The van der Waals surface area contributed by atoms with Gasteiger partial charge in [0.25, 0.3) is 5.91 Å². The van der Waals surface area contributed by atoms with Crippen LogP contribution in [-0.2, 0) is 26.9 Å². The van der Waals surface area contributed by atoms with E-state index >= 15 is 0 Å². The Bertz CT molecular complexity index is 592. The summed E-state index contributed by atoms with van der Waals surface area (Å²) in [6, 6.07) is 4.90. The van der Waals surface area contributed by atoms with Crippen LogP contribution in [0.3, 0.4) is 0 Å². The highest BCUT2D eigenvalue weighted by Gasteiger charge is 2.30. The van der Waals surface area contributed by atoms with E-state index in [1.807, 2.05) is 0 Å². The van der Waals surface area contributed by atoms with Gasteiger partial charge in [-0.2, -0.15) is 13.2 Å². The van der Waals surface area contributed by atoms with Crippen LogP contribution in [0.25, 0.3) is 0 Å². The summed E-state index contributed by atoms with van der Waals surface area (Å²) in [5, 5.41) is 2.78. The van der Waals surface area contributed by atoms with Crippen LogP contribution in [0.1, 0.15) is 25.0 Å². The van der Waals surface area contributed by atoms with E-state index in [1.54, 1.807) is 13.8 Å². The fraction of sp³-hybridized carbons (Fsp3) is 0.438. The maximum atomic E-state index is 12.5. The van der Waals surface area contributed by atoms with Crippen molar-refractivity contribution in [3.63, 3.8) is 0 Å². The van der Waals surface area contributed by atoms with E-state index in [2.05, 4.69) is 5.32 Å². The first-order chi connectivity index (χ1) is 10.7. The Morgan fingerprint density at radius 1 is 1.17 bits per heavy atom. The third-order valence-electron chi connectivity index (χ3n) is 3.25. The molecule has 0 saturated carbocycles. The van der Waals surface area contributed by atoms with E-state index in [4.69, 9.17) is 9.47 Å². The van der Waals surface area contributed by atoms with Crippen LogP contribution in [0.4, 0.5) is 13.2 Å². The molecule has 1 aromatic carbocycles. The summed E-state index contributed by atoms with van der Waals surface area (Å²) in [5.41, 5.74) is -0.655. The number of carbonyl (C=O) groups excluding carboxylic acids is 1. The minimum absolute atomic E-state index is 0.0942. The molecule has 0 aromatic heterocycles. The van der Waals surface area contributed by atoms with Crippen LogP contribution in [-0.4, -0.2) is 24.7 Å². The molecule has 1 amide bonds. The largest absolute Gasteiger partial charge is 0.494 e. The van der Waals surface area contributed by atoms with E-state index in [9.17, 15) is 18.0 Å². The molecule has 0 aliphatic carbocycles. The van der Waals surface area contributed by atoms with Crippen molar-refractivity contribution in [3.8, 4) is 0 Å². The van der Waals surface area contributed by atoms with E-state index in [0.717, 1.165) is 12.1 Å². The van der Waals surface area contributed by atoms with Crippen molar-refractivity contribution >= 4 is 5.91 Å². The van der Waals surface area contributed by atoms with Crippen molar-refractivity contribution in [1.82, 2.24) is 5.32 Å². The summed E-state index contributed by atoms with van der Waals surface area (Å²) in [4.78, 5) is 12.1. The van der Waals surface area contributed by atoms with Gasteiger partial charge in [0.2, 0.25) is 5.76 Å². The monoisotopic (exact) mass is 329 g/mol. The summed E-state index contributed by atoms with van der Waals surface area (Å²) >= 11 is 0. The molecule has 1 heterocycles.